The fraction of sp³-hybridized carbons (Fsp3) is 0.740. The maximum Gasteiger partial charge on any atom is 0.362 e. The largest absolute Gasteiger partial charge is 0.477 e. The monoisotopic (exact) mass is 815 g/mol. The first kappa shape index (κ1) is 55.0. The van der Waals surface area contributed by atoms with Crippen molar-refractivity contribution in [3.8, 4) is 0 Å². The number of hydrogen-bond donors (Lipinski definition) is 1. The Labute approximate surface area is 356 Å². The number of carboxylic acids is 1. The average Bonchev–Trinajstić information content (AvgIpc) is 3.18. The van der Waals surface area contributed by atoms with Gasteiger partial charge >= 0.3 is 17.9 Å². The third-order valence-corrected chi connectivity index (χ3v) is 10.3. The van der Waals surface area contributed by atoms with Crippen LogP contribution in [0.3, 0.4) is 0 Å². The summed E-state index contributed by atoms with van der Waals surface area (Å²) in [5.41, 5.74) is 0. The van der Waals surface area contributed by atoms with E-state index in [1.54, 1.807) is 0 Å². The van der Waals surface area contributed by atoms with E-state index in [1.165, 1.54) is 103 Å². The van der Waals surface area contributed by atoms with E-state index in [2.05, 4.69) is 26.0 Å². The lowest BCUT2D eigenvalue weighted by atomic mass is 10.0. The molecule has 0 amide bonds. The summed E-state index contributed by atoms with van der Waals surface area (Å²) in [6, 6.07) is -0.624. The molecule has 2 atom stereocenters. The van der Waals surface area contributed by atoms with Gasteiger partial charge in [0.2, 0.25) is 0 Å². The predicted molar refractivity (Wildman–Crippen MR) is 243 cm³/mol. The number of carbonyl (C=O) groups excluding carboxylic acids is 2. The molecule has 0 aromatic carbocycles. The van der Waals surface area contributed by atoms with Crippen LogP contribution in [0.2, 0.25) is 0 Å². The number of hydrogen-bond acceptors (Lipinski definition) is 6. The maximum atomic E-state index is 12.7. The van der Waals surface area contributed by atoms with E-state index in [1.807, 2.05) is 69.8 Å². The number of unbranched alkanes of at least 4 members (excludes halogenated alkanes) is 21. The second-order valence-corrected chi connectivity index (χ2v) is 16.8. The number of quaternary nitrogens is 1. The van der Waals surface area contributed by atoms with Gasteiger partial charge in [0.25, 0.3) is 0 Å². The van der Waals surface area contributed by atoms with Crippen molar-refractivity contribution in [1.82, 2.24) is 0 Å². The molecule has 8 nitrogen and oxygen atoms in total. The van der Waals surface area contributed by atoms with Gasteiger partial charge in [-0.1, -0.05) is 197 Å². The lowest BCUT2D eigenvalue weighted by molar-refractivity contribution is -0.887. The van der Waals surface area contributed by atoms with Crippen LogP contribution in [-0.4, -0.2) is 80.6 Å². The van der Waals surface area contributed by atoms with Gasteiger partial charge in [-0.2, -0.15) is 0 Å². The number of ether oxygens (including phenoxy) is 3. The van der Waals surface area contributed by atoms with E-state index in [0.717, 1.165) is 44.9 Å². The quantitative estimate of drug-likeness (QED) is 0.0284. The molecule has 0 aromatic heterocycles. The van der Waals surface area contributed by atoms with E-state index in [4.69, 9.17) is 14.2 Å². The van der Waals surface area contributed by atoms with Crippen LogP contribution < -0.4 is 0 Å². The molecule has 0 aliphatic rings. The minimum Gasteiger partial charge on any atom is -0.477 e. The van der Waals surface area contributed by atoms with Crippen molar-refractivity contribution in [2.24, 2.45) is 0 Å². The van der Waals surface area contributed by atoms with Crippen LogP contribution in [0.4, 0.5) is 0 Å². The molecule has 0 spiro atoms. The van der Waals surface area contributed by atoms with Gasteiger partial charge in [0.1, 0.15) is 6.61 Å². The van der Waals surface area contributed by atoms with Crippen LogP contribution in [0.15, 0.2) is 60.8 Å². The molecule has 0 saturated heterocycles. The summed E-state index contributed by atoms with van der Waals surface area (Å²) < 4.78 is 17.3. The SMILES string of the molecule is CC/C=C/C=C/C=C/C=C/C=C/CCCCCC(=O)OC(COCCC(C(=O)O)[N+](C)(C)C)COC(=O)CCCCCCCCCCCCCCCCCCCCC. The van der Waals surface area contributed by atoms with E-state index >= 15 is 0 Å². The molecule has 0 fully saturated rings. The lowest BCUT2D eigenvalue weighted by Crippen LogP contribution is -2.50. The summed E-state index contributed by atoms with van der Waals surface area (Å²) >= 11 is 0. The van der Waals surface area contributed by atoms with Gasteiger partial charge in [0.15, 0.2) is 12.1 Å². The zero-order chi connectivity index (χ0) is 42.8. The molecular formula is C50H88NO7+. The first-order valence-electron chi connectivity index (χ1n) is 23.4. The van der Waals surface area contributed by atoms with Gasteiger partial charge in [-0.05, 0) is 32.1 Å². The molecule has 0 aliphatic heterocycles. The number of carboxylic acid groups (broad SMARTS) is 1. The molecule has 58 heavy (non-hydrogen) atoms. The van der Waals surface area contributed by atoms with Crippen molar-refractivity contribution in [2.45, 2.75) is 199 Å². The van der Waals surface area contributed by atoms with Gasteiger partial charge in [0, 0.05) is 19.3 Å². The van der Waals surface area contributed by atoms with E-state index in [9.17, 15) is 19.5 Å². The third kappa shape index (κ3) is 38.5. The normalized spacial score (nSPS) is 13.5. The molecule has 0 aliphatic carbocycles. The van der Waals surface area contributed by atoms with Crippen LogP contribution in [0.25, 0.3) is 0 Å². The zero-order valence-electron chi connectivity index (χ0n) is 38.0. The topological polar surface area (TPSA) is 99.1 Å². The Morgan fingerprint density at radius 2 is 0.966 bits per heavy atom. The highest BCUT2D eigenvalue weighted by Gasteiger charge is 2.31. The Hall–Kier alpha value is -2.97. The minimum atomic E-state index is -0.883. The summed E-state index contributed by atoms with van der Waals surface area (Å²) in [5, 5.41) is 9.63. The summed E-state index contributed by atoms with van der Waals surface area (Å²) in [4.78, 5) is 37.0. The van der Waals surface area contributed by atoms with Crippen molar-refractivity contribution in [1.29, 1.82) is 0 Å². The first-order valence-corrected chi connectivity index (χ1v) is 23.4. The second kappa shape index (κ2) is 40.8. The molecule has 0 radical (unpaired) electrons. The van der Waals surface area contributed by atoms with Crippen LogP contribution in [0.1, 0.15) is 187 Å². The summed E-state index contributed by atoms with van der Waals surface area (Å²) in [5.74, 6) is -1.52. The Balaban J connectivity index is 4.33. The van der Waals surface area contributed by atoms with Gasteiger partial charge in [0.05, 0.1) is 34.4 Å². The van der Waals surface area contributed by atoms with Crippen molar-refractivity contribution >= 4 is 17.9 Å². The summed E-state index contributed by atoms with van der Waals surface area (Å²) in [6.45, 7) is 4.56. The van der Waals surface area contributed by atoms with Gasteiger partial charge in [-0.3, -0.25) is 9.59 Å². The molecule has 1 N–H and O–H groups in total. The zero-order valence-corrected chi connectivity index (χ0v) is 38.0. The lowest BCUT2D eigenvalue weighted by Gasteiger charge is -2.31. The maximum absolute atomic E-state index is 12.7. The van der Waals surface area contributed by atoms with Crippen LogP contribution in [0, 0.1) is 0 Å². The Morgan fingerprint density at radius 1 is 0.534 bits per heavy atom. The number of aliphatic carboxylic acids is 1. The molecule has 0 aromatic rings. The predicted octanol–water partition coefficient (Wildman–Crippen LogP) is 13.0. The first-order chi connectivity index (χ1) is 28.1. The van der Waals surface area contributed by atoms with Crippen molar-refractivity contribution in [2.75, 3.05) is 41.0 Å². The smallest absolute Gasteiger partial charge is 0.362 e. The third-order valence-electron chi connectivity index (χ3n) is 10.3. The van der Waals surface area contributed by atoms with Crippen molar-refractivity contribution in [3.05, 3.63) is 60.8 Å². The van der Waals surface area contributed by atoms with Crippen LogP contribution in [-0.2, 0) is 28.6 Å². The second-order valence-electron chi connectivity index (χ2n) is 16.8. The highest BCUT2D eigenvalue weighted by atomic mass is 16.6. The molecule has 8 heteroatoms. The van der Waals surface area contributed by atoms with Crippen molar-refractivity contribution < 1.29 is 38.2 Å². The number of likely N-dealkylation sites (N-methyl/N-ethyl adjacent to an activating group) is 1. The van der Waals surface area contributed by atoms with E-state index in [-0.39, 0.29) is 42.7 Å². The minimum absolute atomic E-state index is 0.0431. The molecule has 0 heterocycles. The summed E-state index contributed by atoms with van der Waals surface area (Å²) in [6.07, 6.45) is 49.8. The number of carbonyl (C=O) groups is 3. The number of nitrogens with zero attached hydrogens (tertiary/aromatic N) is 1. The standard InChI is InChI=1S/C50H87NO7/c1-6-8-10-12-14-16-18-20-22-23-24-25-27-28-30-32-34-36-38-40-48(52)57-45-46(44-56-43-42-47(50(54)55)51(3,4)5)58-49(53)41-39-37-35-33-31-29-26-21-19-17-15-13-11-9-7-2/h9,11,13,15,17,19,21,26,29,31,46-47H,6-8,10,12,14,16,18,20,22-25,27-28,30,32-45H2,1-5H3/p+1/b11-9+,15-13+,19-17+,26-21+,31-29+. The van der Waals surface area contributed by atoms with Crippen LogP contribution in [0.5, 0.6) is 0 Å². The molecule has 0 saturated carbocycles. The van der Waals surface area contributed by atoms with E-state index < -0.39 is 18.1 Å². The van der Waals surface area contributed by atoms with Crippen LogP contribution >= 0.6 is 0 Å². The number of allylic oxidation sites excluding steroid dienone is 10. The van der Waals surface area contributed by atoms with Gasteiger partial charge in [-0.25, -0.2) is 4.79 Å². The Bertz CT molecular complexity index is 1130. The Morgan fingerprint density at radius 3 is 1.43 bits per heavy atom. The highest BCUT2D eigenvalue weighted by Crippen LogP contribution is 2.16. The average molecular weight is 815 g/mol. The highest BCUT2D eigenvalue weighted by molar-refractivity contribution is 5.72. The van der Waals surface area contributed by atoms with Gasteiger partial charge < -0.3 is 23.8 Å². The molecule has 0 bridgehead atoms. The number of rotatable bonds is 41. The molecular weight excluding hydrogens is 727 g/mol. The fourth-order valence-corrected chi connectivity index (χ4v) is 6.70. The fourth-order valence-electron chi connectivity index (χ4n) is 6.70. The van der Waals surface area contributed by atoms with Crippen molar-refractivity contribution in [3.63, 3.8) is 0 Å². The Kier molecular flexibility index (Phi) is 38.7. The van der Waals surface area contributed by atoms with Gasteiger partial charge in [-0.15, -0.1) is 0 Å². The molecule has 334 valence electrons. The number of esters is 2. The molecule has 2 unspecified atom stereocenters. The summed E-state index contributed by atoms with van der Waals surface area (Å²) in [7, 11) is 5.51. The molecule has 0 rings (SSSR count). The van der Waals surface area contributed by atoms with E-state index in [0.29, 0.717) is 19.3 Å².